The van der Waals surface area contributed by atoms with E-state index in [2.05, 4.69) is 5.32 Å². The largest absolute Gasteiger partial charge is 0.479 e. The summed E-state index contributed by atoms with van der Waals surface area (Å²) in [5.74, 6) is 0.764. The minimum Gasteiger partial charge on any atom is -0.479 e. The number of hydrogen-bond donors (Lipinski definition) is 1. The molecule has 1 aromatic carbocycles. The second kappa shape index (κ2) is 7.84. The summed E-state index contributed by atoms with van der Waals surface area (Å²) in [5, 5.41) is 3.59. The van der Waals surface area contributed by atoms with Gasteiger partial charge in [0, 0.05) is 38.1 Å². The van der Waals surface area contributed by atoms with Gasteiger partial charge in [0.05, 0.1) is 5.69 Å². The van der Waals surface area contributed by atoms with Crippen LogP contribution in [-0.4, -0.2) is 54.5 Å². The molecule has 3 aliphatic heterocycles. The Bertz CT molecular complexity index is 684. The normalized spacial score (nSPS) is 27.3. The number of para-hydroxylation sites is 2. The molecule has 3 unspecified atom stereocenters. The molecule has 0 spiro atoms. The number of carbonyl (C=O) groups is 2. The van der Waals surface area contributed by atoms with E-state index in [1.165, 1.54) is 6.42 Å². The van der Waals surface area contributed by atoms with Crippen LogP contribution in [0.2, 0.25) is 0 Å². The van der Waals surface area contributed by atoms with E-state index in [4.69, 9.17) is 4.74 Å². The molecule has 2 amide bonds. The van der Waals surface area contributed by atoms with Crippen LogP contribution in [0.3, 0.4) is 0 Å². The molecule has 4 rings (SSSR count). The highest BCUT2D eigenvalue weighted by Crippen LogP contribution is 2.33. The lowest BCUT2D eigenvalue weighted by atomic mass is 10.1. The topological polar surface area (TPSA) is 61.9 Å². The number of nitrogens with zero attached hydrogens (tertiary/aromatic N) is 2. The number of amides is 2. The highest BCUT2D eigenvalue weighted by Gasteiger charge is 2.33. The van der Waals surface area contributed by atoms with Gasteiger partial charge in [0.15, 0.2) is 6.10 Å². The first-order chi connectivity index (χ1) is 12.1. The molecule has 1 aromatic rings. The summed E-state index contributed by atoms with van der Waals surface area (Å²) in [4.78, 5) is 28.9. The zero-order valence-electron chi connectivity index (χ0n) is 15.0. The lowest BCUT2D eigenvalue weighted by molar-refractivity contribution is -0.131. The van der Waals surface area contributed by atoms with Gasteiger partial charge in [-0.25, -0.2) is 0 Å². The number of anilines is 1. The molecule has 26 heavy (non-hydrogen) atoms. The Morgan fingerprint density at radius 2 is 2.00 bits per heavy atom. The Balaban J connectivity index is 0.00000196. The molecule has 2 saturated heterocycles. The Hall–Kier alpha value is -1.79. The maximum Gasteiger partial charge on any atom is 0.267 e. The molecule has 2 bridgehead atoms. The predicted octanol–water partition coefficient (Wildman–Crippen LogP) is 1.97. The smallest absolute Gasteiger partial charge is 0.267 e. The van der Waals surface area contributed by atoms with E-state index in [0.717, 1.165) is 31.6 Å². The number of rotatable bonds is 3. The van der Waals surface area contributed by atoms with E-state index in [0.29, 0.717) is 30.8 Å². The number of likely N-dealkylation sites (tertiary alicyclic amines) is 1. The maximum absolute atomic E-state index is 12.7. The number of ether oxygens (including phenoxy) is 1. The van der Waals surface area contributed by atoms with Crippen LogP contribution in [0.1, 0.15) is 32.6 Å². The van der Waals surface area contributed by atoms with Crippen molar-refractivity contribution in [3.8, 4) is 5.75 Å². The third-order valence-electron chi connectivity index (χ3n) is 5.50. The first kappa shape index (κ1) is 19.0. The van der Waals surface area contributed by atoms with Crippen molar-refractivity contribution in [1.29, 1.82) is 0 Å². The quantitative estimate of drug-likeness (QED) is 0.872. The van der Waals surface area contributed by atoms with E-state index in [-0.39, 0.29) is 24.2 Å². The van der Waals surface area contributed by atoms with Crippen molar-refractivity contribution in [3.05, 3.63) is 24.3 Å². The van der Waals surface area contributed by atoms with Crippen LogP contribution in [0.5, 0.6) is 5.75 Å². The monoisotopic (exact) mass is 379 g/mol. The van der Waals surface area contributed by atoms with E-state index in [9.17, 15) is 9.59 Å². The van der Waals surface area contributed by atoms with E-state index < -0.39 is 6.10 Å². The van der Waals surface area contributed by atoms with Crippen molar-refractivity contribution in [3.63, 3.8) is 0 Å². The van der Waals surface area contributed by atoms with Gasteiger partial charge in [-0.3, -0.25) is 9.59 Å². The van der Waals surface area contributed by atoms with Crippen LogP contribution in [-0.2, 0) is 9.59 Å². The summed E-state index contributed by atoms with van der Waals surface area (Å²) < 4.78 is 5.65. The Labute approximate surface area is 160 Å². The van der Waals surface area contributed by atoms with Gasteiger partial charge in [0.25, 0.3) is 5.91 Å². The van der Waals surface area contributed by atoms with Crippen LogP contribution in [0.15, 0.2) is 24.3 Å². The number of carbonyl (C=O) groups excluding carboxylic acids is 2. The van der Waals surface area contributed by atoms with Gasteiger partial charge in [-0.1, -0.05) is 12.1 Å². The Morgan fingerprint density at radius 1 is 1.23 bits per heavy atom. The SMILES string of the molecule is CC1Oc2ccccc2N(CCC(=O)N2CCC3CCC(C2)N3)C1=O.Cl. The molecule has 1 N–H and O–H groups in total. The Morgan fingerprint density at radius 3 is 2.85 bits per heavy atom. The molecule has 6 nitrogen and oxygen atoms in total. The fraction of sp³-hybridized carbons (Fsp3) is 0.579. The molecule has 0 saturated carbocycles. The molecule has 3 atom stereocenters. The zero-order chi connectivity index (χ0) is 17.4. The molecule has 3 aliphatic rings. The van der Waals surface area contributed by atoms with E-state index in [1.807, 2.05) is 29.2 Å². The van der Waals surface area contributed by atoms with Gasteiger partial charge in [0.2, 0.25) is 5.91 Å². The maximum atomic E-state index is 12.7. The summed E-state index contributed by atoms with van der Waals surface area (Å²) in [7, 11) is 0. The van der Waals surface area contributed by atoms with Crippen molar-refractivity contribution in [2.24, 2.45) is 0 Å². The van der Waals surface area contributed by atoms with Gasteiger partial charge < -0.3 is 19.9 Å². The lowest BCUT2D eigenvalue weighted by Gasteiger charge is -2.33. The third kappa shape index (κ3) is 3.67. The molecule has 0 aromatic heterocycles. The summed E-state index contributed by atoms with van der Waals surface area (Å²) >= 11 is 0. The van der Waals surface area contributed by atoms with Gasteiger partial charge in [0.1, 0.15) is 5.75 Å². The molecule has 0 radical (unpaired) electrons. The number of hydrogen-bond acceptors (Lipinski definition) is 4. The minimum atomic E-state index is -0.511. The fourth-order valence-electron chi connectivity index (χ4n) is 4.12. The number of nitrogens with one attached hydrogen (secondary N) is 1. The number of fused-ring (bicyclic) bond motifs is 3. The molecular weight excluding hydrogens is 354 g/mol. The van der Waals surface area contributed by atoms with Crippen LogP contribution < -0.4 is 15.0 Å². The Kier molecular flexibility index (Phi) is 5.73. The van der Waals surface area contributed by atoms with Crippen molar-refractivity contribution in [2.75, 3.05) is 24.5 Å². The second-order valence-electron chi connectivity index (χ2n) is 7.23. The fourth-order valence-corrected chi connectivity index (χ4v) is 4.12. The van der Waals surface area contributed by atoms with Gasteiger partial charge in [-0.2, -0.15) is 0 Å². The third-order valence-corrected chi connectivity index (χ3v) is 5.50. The van der Waals surface area contributed by atoms with E-state index >= 15 is 0 Å². The van der Waals surface area contributed by atoms with Gasteiger partial charge in [-0.15, -0.1) is 12.4 Å². The van der Waals surface area contributed by atoms with Crippen molar-refractivity contribution >= 4 is 29.9 Å². The van der Waals surface area contributed by atoms with Crippen LogP contribution >= 0.6 is 12.4 Å². The van der Waals surface area contributed by atoms with Crippen molar-refractivity contribution in [1.82, 2.24) is 10.2 Å². The first-order valence-electron chi connectivity index (χ1n) is 9.22. The molecule has 142 valence electrons. The average Bonchev–Trinajstić information content (AvgIpc) is 2.94. The molecule has 3 heterocycles. The molecule has 2 fully saturated rings. The summed E-state index contributed by atoms with van der Waals surface area (Å²) in [5.41, 5.74) is 0.759. The summed E-state index contributed by atoms with van der Waals surface area (Å²) in [6.45, 7) is 3.77. The number of benzene rings is 1. The second-order valence-corrected chi connectivity index (χ2v) is 7.23. The highest BCUT2D eigenvalue weighted by molar-refractivity contribution is 6.00. The van der Waals surface area contributed by atoms with Crippen LogP contribution in [0.4, 0.5) is 5.69 Å². The minimum absolute atomic E-state index is 0. The zero-order valence-corrected chi connectivity index (χ0v) is 15.8. The van der Waals surface area contributed by atoms with E-state index in [1.54, 1.807) is 11.8 Å². The molecular formula is C19H26ClN3O3. The highest BCUT2D eigenvalue weighted by atomic mass is 35.5. The number of halogens is 1. The van der Waals surface area contributed by atoms with Crippen LogP contribution in [0, 0.1) is 0 Å². The average molecular weight is 380 g/mol. The van der Waals surface area contributed by atoms with Crippen molar-refractivity contribution < 1.29 is 14.3 Å². The summed E-state index contributed by atoms with van der Waals surface area (Å²) in [6.07, 6.45) is 3.25. The van der Waals surface area contributed by atoms with Gasteiger partial charge >= 0.3 is 0 Å². The molecule has 0 aliphatic carbocycles. The first-order valence-corrected chi connectivity index (χ1v) is 9.22. The van der Waals surface area contributed by atoms with Gasteiger partial charge in [-0.05, 0) is 38.3 Å². The van der Waals surface area contributed by atoms with Crippen molar-refractivity contribution in [2.45, 2.75) is 50.8 Å². The van der Waals surface area contributed by atoms with Crippen LogP contribution in [0.25, 0.3) is 0 Å². The predicted molar refractivity (Wildman–Crippen MR) is 102 cm³/mol. The molecule has 7 heteroatoms. The lowest BCUT2D eigenvalue weighted by Crippen LogP contribution is -2.46. The summed E-state index contributed by atoms with van der Waals surface area (Å²) in [6, 6.07) is 8.52. The standard InChI is InChI=1S/C19H25N3O3.ClH/c1-13-19(24)22(16-4-2-3-5-17(16)25-13)11-9-18(23)21-10-8-14-6-7-15(12-21)20-14;/h2-5,13-15,20H,6-12H2,1H3;1H.